The lowest BCUT2D eigenvalue weighted by Crippen LogP contribution is -2.22. The van der Waals surface area contributed by atoms with Crippen LogP contribution in [0.5, 0.6) is 0 Å². The van der Waals surface area contributed by atoms with Crippen molar-refractivity contribution < 1.29 is 4.39 Å². The van der Waals surface area contributed by atoms with Gasteiger partial charge >= 0.3 is 0 Å². The molecule has 1 unspecified atom stereocenters. The molecule has 0 amide bonds. The number of rotatable bonds is 5. The molecule has 1 aliphatic carbocycles. The molecule has 0 radical (unpaired) electrons. The number of hydrogen-bond donors (Lipinski definition) is 1. The van der Waals surface area contributed by atoms with Crippen molar-refractivity contribution in [1.29, 1.82) is 0 Å². The van der Waals surface area contributed by atoms with Crippen LogP contribution in [0, 0.1) is 18.7 Å². The van der Waals surface area contributed by atoms with Gasteiger partial charge in [0.2, 0.25) is 0 Å². The average molecular weight is 221 g/mol. The van der Waals surface area contributed by atoms with E-state index in [-0.39, 0.29) is 5.82 Å². The van der Waals surface area contributed by atoms with E-state index in [4.69, 9.17) is 0 Å². The van der Waals surface area contributed by atoms with Crippen LogP contribution in [0.3, 0.4) is 0 Å². The Labute approximate surface area is 97.1 Å². The molecule has 1 aromatic carbocycles. The molecular weight excluding hydrogens is 201 g/mol. The van der Waals surface area contributed by atoms with Crippen LogP contribution in [-0.4, -0.2) is 6.54 Å². The van der Waals surface area contributed by atoms with Crippen molar-refractivity contribution in [3.05, 3.63) is 35.1 Å². The van der Waals surface area contributed by atoms with Crippen molar-refractivity contribution in [3.63, 3.8) is 0 Å². The van der Waals surface area contributed by atoms with Crippen molar-refractivity contribution in [2.45, 2.75) is 39.2 Å². The first kappa shape index (κ1) is 11.6. The summed E-state index contributed by atoms with van der Waals surface area (Å²) in [4.78, 5) is 0. The smallest absolute Gasteiger partial charge is 0.123 e. The second-order valence-electron chi connectivity index (χ2n) is 4.79. The summed E-state index contributed by atoms with van der Waals surface area (Å²) < 4.78 is 13.1. The van der Waals surface area contributed by atoms with Crippen molar-refractivity contribution in [2.24, 2.45) is 5.92 Å². The van der Waals surface area contributed by atoms with E-state index in [1.165, 1.54) is 24.8 Å². The summed E-state index contributed by atoms with van der Waals surface area (Å²) in [5.74, 6) is 0.747. The van der Waals surface area contributed by atoms with Gasteiger partial charge in [0.05, 0.1) is 0 Å². The summed E-state index contributed by atoms with van der Waals surface area (Å²) in [6, 6.07) is 5.53. The zero-order chi connectivity index (χ0) is 11.5. The molecule has 2 heteroatoms. The maximum absolute atomic E-state index is 13.1. The topological polar surface area (TPSA) is 12.0 Å². The minimum absolute atomic E-state index is 0.136. The Morgan fingerprint density at radius 2 is 2.19 bits per heavy atom. The third-order valence-electron chi connectivity index (χ3n) is 3.32. The second kappa shape index (κ2) is 4.96. The average Bonchev–Trinajstić information content (AvgIpc) is 3.01. The molecule has 0 heterocycles. The van der Waals surface area contributed by atoms with Crippen LogP contribution >= 0.6 is 0 Å². The lowest BCUT2D eigenvalue weighted by atomic mass is 9.96. The van der Waals surface area contributed by atoms with Gasteiger partial charge in [0.25, 0.3) is 0 Å². The Morgan fingerprint density at radius 1 is 1.44 bits per heavy atom. The van der Waals surface area contributed by atoms with Gasteiger partial charge in [0.1, 0.15) is 5.82 Å². The largest absolute Gasteiger partial charge is 0.310 e. The Hall–Kier alpha value is -0.890. The molecular formula is C14H20FN. The summed E-state index contributed by atoms with van der Waals surface area (Å²) >= 11 is 0. The monoisotopic (exact) mass is 221 g/mol. The number of benzene rings is 1. The molecule has 1 N–H and O–H groups in total. The predicted octanol–water partition coefficient (Wildman–Crippen LogP) is 3.58. The van der Waals surface area contributed by atoms with Crippen LogP contribution in [0.2, 0.25) is 0 Å². The van der Waals surface area contributed by atoms with Crippen molar-refractivity contribution in [1.82, 2.24) is 5.32 Å². The van der Waals surface area contributed by atoms with Crippen molar-refractivity contribution in [3.8, 4) is 0 Å². The highest BCUT2D eigenvalue weighted by molar-refractivity contribution is 5.29. The van der Waals surface area contributed by atoms with Crippen molar-refractivity contribution in [2.75, 3.05) is 6.54 Å². The van der Waals surface area contributed by atoms with Crippen LogP contribution in [0.15, 0.2) is 18.2 Å². The number of halogens is 1. The molecule has 1 atom stereocenters. The maximum Gasteiger partial charge on any atom is 0.123 e. The Bertz CT molecular complexity index is 358. The molecule has 0 aromatic heterocycles. The van der Waals surface area contributed by atoms with Gasteiger partial charge in [-0.3, -0.25) is 0 Å². The standard InChI is InChI=1S/C14H20FN/c1-3-16-14(9-11-4-5-11)13-7-6-12(15)8-10(13)2/h6-8,11,14,16H,3-5,9H2,1-2H3. The zero-order valence-electron chi connectivity index (χ0n) is 10.1. The van der Waals surface area contributed by atoms with E-state index in [0.29, 0.717) is 6.04 Å². The SMILES string of the molecule is CCNC(CC1CC1)c1ccc(F)cc1C. The number of aryl methyl sites for hydroxylation is 1. The van der Waals surface area contributed by atoms with Gasteiger partial charge in [-0.2, -0.15) is 0 Å². The summed E-state index contributed by atoms with van der Waals surface area (Å²) in [7, 11) is 0. The maximum atomic E-state index is 13.1. The van der Waals surface area contributed by atoms with Gasteiger partial charge in [-0.15, -0.1) is 0 Å². The second-order valence-corrected chi connectivity index (χ2v) is 4.79. The van der Waals surface area contributed by atoms with Crippen molar-refractivity contribution >= 4 is 0 Å². The van der Waals surface area contributed by atoms with E-state index in [1.807, 2.05) is 13.0 Å². The van der Waals surface area contributed by atoms with E-state index >= 15 is 0 Å². The molecule has 0 saturated heterocycles. The third kappa shape index (κ3) is 2.82. The number of nitrogens with one attached hydrogen (secondary N) is 1. The van der Waals surface area contributed by atoms with Crippen LogP contribution in [0.4, 0.5) is 4.39 Å². The lowest BCUT2D eigenvalue weighted by molar-refractivity contribution is 0.484. The highest BCUT2D eigenvalue weighted by Gasteiger charge is 2.26. The zero-order valence-corrected chi connectivity index (χ0v) is 10.1. The molecule has 1 aromatic rings. The highest BCUT2D eigenvalue weighted by atomic mass is 19.1. The fourth-order valence-corrected chi connectivity index (χ4v) is 2.28. The molecule has 1 fully saturated rings. The molecule has 1 aliphatic rings. The van der Waals surface area contributed by atoms with Gasteiger partial charge in [-0.05, 0) is 49.1 Å². The summed E-state index contributed by atoms with van der Waals surface area (Å²) in [5, 5.41) is 3.51. The van der Waals surface area contributed by atoms with Gasteiger partial charge in [-0.25, -0.2) is 4.39 Å². The minimum atomic E-state index is -0.136. The molecule has 0 spiro atoms. The predicted molar refractivity (Wildman–Crippen MR) is 64.9 cm³/mol. The molecule has 0 bridgehead atoms. The lowest BCUT2D eigenvalue weighted by Gasteiger charge is -2.20. The van der Waals surface area contributed by atoms with Crippen LogP contribution < -0.4 is 5.32 Å². The van der Waals surface area contributed by atoms with Gasteiger partial charge in [0.15, 0.2) is 0 Å². The quantitative estimate of drug-likeness (QED) is 0.801. The first-order valence-corrected chi connectivity index (χ1v) is 6.20. The van der Waals surface area contributed by atoms with Crippen LogP contribution in [-0.2, 0) is 0 Å². The minimum Gasteiger partial charge on any atom is -0.310 e. The Kier molecular flexibility index (Phi) is 3.59. The molecule has 2 rings (SSSR count). The van der Waals surface area contributed by atoms with Gasteiger partial charge in [-0.1, -0.05) is 25.8 Å². The van der Waals surface area contributed by atoms with E-state index < -0.39 is 0 Å². The third-order valence-corrected chi connectivity index (χ3v) is 3.32. The van der Waals surface area contributed by atoms with Gasteiger partial charge in [0, 0.05) is 6.04 Å². The molecule has 88 valence electrons. The Balaban J connectivity index is 2.15. The normalized spacial score (nSPS) is 17.4. The fourth-order valence-electron chi connectivity index (χ4n) is 2.28. The molecule has 1 nitrogen and oxygen atoms in total. The van der Waals surface area contributed by atoms with E-state index in [2.05, 4.69) is 12.2 Å². The van der Waals surface area contributed by atoms with Crippen LogP contribution in [0.1, 0.15) is 43.4 Å². The fraction of sp³-hybridized carbons (Fsp3) is 0.571. The van der Waals surface area contributed by atoms with Crippen LogP contribution in [0.25, 0.3) is 0 Å². The molecule has 0 aliphatic heterocycles. The van der Waals surface area contributed by atoms with Gasteiger partial charge < -0.3 is 5.32 Å². The highest BCUT2D eigenvalue weighted by Crippen LogP contribution is 2.38. The molecule has 16 heavy (non-hydrogen) atoms. The summed E-state index contributed by atoms with van der Waals surface area (Å²) in [6.45, 7) is 5.09. The first-order valence-electron chi connectivity index (χ1n) is 6.20. The summed E-state index contributed by atoms with van der Waals surface area (Å²) in [6.07, 6.45) is 3.92. The summed E-state index contributed by atoms with van der Waals surface area (Å²) in [5.41, 5.74) is 2.32. The van der Waals surface area contributed by atoms with E-state index in [1.54, 1.807) is 12.1 Å². The van der Waals surface area contributed by atoms with E-state index in [9.17, 15) is 4.39 Å². The molecule has 1 saturated carbocycles. The number of hydrogen-bond acceptors (Lipinski definition) is 1. The Morgan fingerprint density at radius 3 is 2.75 bits per heavy atom. The van der Waals surface area contributed by atoms with E-state index in [0.717, 1.165) is 18.0 Å². The first-order chi connectivity index (χ1) is 7.70.